The fourth-order valence-corrected chi connectivity index (χ4v) is 2.08. The van der Waals surface area contributed by atoms with Crippen molar-refractivity contribution in [2.75, 3.05) is 34.6 Å². The van der Waals surface area contributed by atoms with Crippen LogP contribution in [0.25, 0.3) is 0 Å². The average molecular weight is 408 g/mol. The van der Waals surface area contributed by atoms with Gasteiger partial charge in [-0.15, -0.1) is 0 Å². The second-order valence-corrected chi connectivity index (χ2v) is 7.38. The van der Waals surface area contributed by atoms with E-state index < -0.39 is 40.3 Å². The van der Waals surface area contributed by atoms with Crippen molar-refractivity contribution >= 4 is 21.4 Å². The summed E-state index contributed by atoms with van der Waals surface area (Å²) in [6.07, 6.45) is -10.5. The van der Waals surface area contributed by atoms with E-state index in [0.29, 0.717) is 7.11 Å². The lowest BCUT2D eigenvalue weighted by atomic mass is 10.4. The third-order valence-electron chi connectivity index (χ3n) is 2.06. The van der Waals surface area contributed by atoms with E-state index >= 15 is 0 Å². The van der Waals surface area contributed by atoms with E-state index in [1.807, 2.05) is 0 Å². The molecular weight excluding hydrogens is 390 g/mol. The summed E-state index contributed by atoms with van der Waals surface area (Å²) in [5.74, 6) is -0.614. The van der Waals surface area contributed by atoms with Crippen molar-refractivity contribution in [1.82, 2.24) is 0 Å². The number of halogens is 4. The van der Waals surface area contributed by atoms with Crippen LogP contribution in [0.5, 0.6) is 0 Å². The molecule has 0 saturated carbocycles. The summed E-state index contributed by atoms with van der Waals surface area (Å²) in [6.45, 7) is 0. The molecule has 24 heavy (non-hydrogen) atoms. The molecule has 0 aliphatic heterocycles. The first-order valence-corrected chi connectivity index (χ1v) is 9.01. The molecule has 0 aromatic heterocycles. The third kappa shape index (κ3) is 11.1. The van der Waals surface area contributed by atoms with Crippen molar-refractivity contribution in [2.45, 2.75) is 19.0 Å². The Hall–Kier alpha value is -0.550. The van der Waals surface area contributed by atoms with Gasteiger partial charge in [0, 0.05) is 21.3 Å². The van der Waals surface area contributed by atoms with Crippen LogP contribution in [0.2, 0.25) is 0 Å². The van der Waals surface area contributed by atoms with Gasteiger partial charge in [-0.2, -0.15) is 0 Å². The van der Waals surface area contributed by atoms with Gasteiger partial charge in [0.25, 0.3) is 6.43 Å². The predicted molar refractivity (Wildman–Crippen MR) is 72.2 cm³/mol. The van der Waals surface area contributed by atoms with Gasteiger partial charge in [-0.1, -0.05) is 0 Å². The van der Waals surface area contributed by atoms with Crippen LogP contribution in [-0.4, -0.2) is 64.4 Å². The molecule has 0 radical (unpaired) electrons. The minimum Gasteiger partial charge on any atom is -0.469 e. The molecule has 15 heteroatoms. The maximum Gasteiger partial charge on any atom is 0.474 e. The van der Waals surface area contributed by atoms with Crippen LogP contribution in [0.1, 0.15) is 0 Å². The number of carbonyl (C=O) groups is 1. The Kier molecular flexibility index (Phi) is 12.7. The van der Waals surface area contributed by atoms with Crippen LogP contribution in [0, 0.1) is 0 Å². The minimum absolute atomic E-state index is 0.351. The summed E-state index contributed by atoms with van der Waals surface area (Å²) in [5, 5.41) is 0. The van der Waals surface area contributed by atoms with Gasteiger partial charge in [0.2, 0.25) is 12.5 Å². The van der Waals surface area contributed by atoms with Gasteiger partial charge in [0.05, 0.1) is 7.11 Å². The first kappa shape index (κ1) is 25.7. The number of phosphoric ester groups is 1. The van der Waals surface area contributed by atoms with Gasteiger partial charge in [-0.25, -0.2) is 26.7 Å². The topological polar surface area (TPSA) is 118 Å². The van der Waals surface area contributed by atoms with Crippen molar-refractivity contribution in [3.05, 3.63) is 0 Å². The zero-order valence-electron chi connectivity index (χ0n) is 13.1. The molecular formula is C9H18F4O9P2. The highest BCUT2D eigenvalue weighted by molar-refractivity contribution is 7.54. The summed E-state index contributed by atoms with van der Waals surface area (Å²) in [4.78, 5) is 19.0. The third-order valence-corrected chi connectivity index (χ3v) is 4.75. The molecule has 1 N–H and O–H groups in total. The molecule has 0 fully saturated rings. The molecule has 0 aromatic rings. The molecule has 0 saturated heterocycles. The first-order valence-electron chi connectivity index (χ1n) is 5.78. The lowest BCUT2D eigenvalue weighted by Crippen LogP contribution is -2.26. The fraction of sp³-hybridized carbons (Fsp3) is 0.889. The monoisotopic (exact) mass is 408 g/mol. The van der Waals surface area contributed by atoms with Gasteiger partial charge in [0.1, 0.15) is 6.16 Å². The van der Waals surface area contributed by atoms with E-state index in [0.717, 1.165) is 0 Å². The number of alkyl halides is 4. The maximum atomic E-state index is 12.2. The molecule has 146 valence electrons. The summed E-state index contributed by atoms with van der Waals surface area (Å²) in [6, 6.07) is 0. The van der Waals surface area contributed by atoms with Crippen LogP contribution < -0.4 is 0 Å². The van der Waals surface area contributed by atoms with Crippen molar-refractivity contribution < 1.29 is 59.2 Å². The molecule has 0 amide bonds. The quantitative estimate of drug-likeness (QED) is 0.348. The van der Waals surface area contributed by atoms with Crippen molar-refractivity contribution in [3.63, 3.8) is 0 Å². The van der Waals surface area contributed by atoms with Crippen LogP contribution in [-0.2, 0) is 36.8 Å². The minimum atomic E-state index is -4.77. The Morgan fingerprint density at radius 1 is 1.00 bits per heavy atom. The summed E-state index contributed by atoms with van der Waals surface area (Å²) < 4.78 is 89.1. The normalized spacial score (nSPS) is 16.6. The molecule has 0 heterocycles. The highest BCUT2D eigenvalue weighted by Gasteiger charge is 2.36. The van der Waals surface area contributed by atoms with E-state index in [-0.39, 0.29) is 6.16 Å². The van der Waals surface area contributed by atoms with Crippen LogP contribution in [0.15, 0.2) is 0 Å². The van der Waals surface area contributed by atoms with E-state index in [1.54, 1.807) is 0 Å². The number of carbonyl (C=O) groups excluding carboxylic acids is 1. The molecule has 0 bridgehead atoms. The SMILES string of the molecule is COC(=O)CP(=O)(OC)OC.COP(=O)(O)OC(F)C(F)C(F)F. The zero-order chi connectivity index (χ0) is 19.6. The number of methoxy groups -OCH3 is 1. The molecule has 0 spiro atoms. The lowest BCUT2D eigenvalue weighted by Gasteiger charge is -2.15. The fourth-order valence-electron chi connectivity index (χ4n) is 0.769. The smallest absolute Gasteiger partial charge is 0.469 e. The second-order valence-electron chi connectivity index (χ2n) is 3.60. The summed E-state index contributed by atoms with van der Waals surface area (Å²) in [5.41, 5.74) is 0. The molecule has 3 atom stereocenters. The molecule has 0 rings (SSSR count). The Labute approximate surface area is 135 Å². The number of rotatable bonds is 9. The number of hydrogen-bond donors (Lipinski definition) is 1. The number of phosphoric acid groups is 1. The summed E-state index contributed by atoms with van der Waals surface area (Å²) >= 11 is 0. The van der Waals surface area contributed by atoms with Crippen LogP contribution >= 0.6 is 15.4 Å². The lowest BCUT2D eigenvalue weighted by molar-refractivity contribution is -0.137. The number of ether oxygens (including phenoxy) is 1. The van der Waals surface area contributed by atoms with Crippen molar-refractivity contribution in [1.29, 1.82) is 0 Å². The van der Waals surface area contributed by atoms with Crippen LogP contribution in [0.4, 0.5) is 17.6 Å². The largest absolute Gasteiger partial charge is 0.474 e. The standard InChI is InChI=1S/C5H11O5P.C4H7F4O4P/c1-8-5(6)4-11(7,9-2)10-3;1-11-13(9,10)12-4(8)2(5)3(6)7/h4H2,1-3H3;2-4H,1H3,(H,9,10). The van der Waals surface area contributed by atoms with E-state index in [2.05, 4.69) is 22.8 Å². The molecule has 9 nitrogen and oxygen atoms in total. The number of esters is 1. The number of hydrogen-bond acceptors (Lipinski definition) is 8. The Bertz CT molecular complexity index is 456. The summed E-state index contributed by atoms with van der Waals surface area (Å²) in [7, 11) is -3.68. The van der Waals surface area contributed by atoms with E-state index in [9.17, 15) is 31.5 Å². The second kappa shape index (κ2) is 11.9. The molecule has 3 unspecified atom stereocenters. The maximum absolute atomic E-state index is 12.2. The molecule has 0 aliphatic rings. The Morgan fingerprint density at radius 2 is 1.46 bits per heavy atom. The highest BCUT2D eigenvalue weighted by atomic mass is 31.2. The van der Waals surface area contributed by atoms with Crippen LogP contribution in [0.3, 0.4) is 0 Å². The van der Waals surface area contributed by atoms with Gasteiger partial charge in [0.15, 0.2) is 0 Å². The Morgan fingerprint density at radius 3 is 1.75 bits per heavy atom. The van der Waals surface area contributed by atoms with Gasteiger partial charge in [-0.3, -0.25) is 13.9 Å². The van der Waals surface area contributed by atoms with Crippen molar-refractivity contribution in [3.8, 4) is 0 Å². The average Bonchev–Trinajstić information content (AvgIpc) is 2.53. The van der Waals surface area contributed by atoms with Gasteiger partial charge >= 0.3 is 21.4 Å². The molecule has 0 aromatic carbocycles. The molecule has 0 aliphatic carbocycles. The highest BCUT2D eigenvalue weighted by Crippen LogP contribution is 2.46. The van der Waals surface area contributed by atoms with E-state index in [4.69, 9.17) is 4.89 Å². The van der Waals surface area contributed by atoms with Gasteiger partial charge in [-0.05, 0) is 0 Å². The Balaban J connectivity index is 0. The first-order chi connectivity index (χ1) is 10.9. The zero-order valence-corrected chi connectivity index (χ0v) is 14.8. The predicted octanol–water partition coefficient (Wildman–Crippen LogP) is 2.29. The van der Waals surface area contributed by atoms with Gasteiger partial charge < -0.3 is 18.7 Å². The van der Waals surface area contributed by atoms with E-state index in [1.165, 1.54) is 21.3 Å². The van der Waals surface area contributed by atoms with Crippen molar-refractivity contribution in [2.24, 2.45) is 0 Å².